The molecule has 34 heavy (non-hydrogen) atoms. The molecule has 2 heterocycles. The second-order valence-electron chi connectivity index (χ2n) is 9.53. The van der Waals surface area contributed by atoms with Crippen LogP contribution in [0.3, 0.4) is 0 Å². The molecule has 188 valence electrons. The third-order valence-electron chi connectivity index (χ3n) is 6.57. The van der Waals surface area contributed by atoms with Crippen LogP contribution >= 0.6 is 0 Å². The van der Waals surface area contributed by atoms with Gasteiger partial charge in [0, 0.05) is 18.9 Å². The average molecular weight is 476 g/mol. The maximum atomic E-state index is 13.5. The number of amides is 3. The molecular weight excluding hydrogens is 438 g/mol. The number of carbonyl (C=O) groups excluding carboxylic acids is 3. The van der Waals surface area contributed by atoms with Crippen LogP contribution in [-0.2, 0) is 14.4 Å². The lowest BCUT2D eigenvalue weighted by molar-refractivity contribution is -0.151. The number of nitrogens with one attached hydrogen (secondary N) is 2. The molecule has 1 aromatic heterocycles. The smallest absolute Gasteiger partial charge is 0.326 e. The van der Waals surface area contributed by atoms with Gasteiger partial charge in [-0.3, -0.25) is 19.4 Å². The highest BCUT2D eigenvalue weighted by Gasteiger charge is 2.48. The summed E-state index contributed by atoms with van der Waals surface area (Å²) in [6.07, 6.45) is 5.56. The van der Waals surface area contributed by atoms with Crippen molar-refractivity contribution in [2.45, 2.75) is 72.5 Å². The van der Waals surface area contributed by atoms with Crippen LogP contribution in [0.1, 0.15) is 64.9 Å². The van der Waals surface area contributed by atoms with E-state index >= 15 is 0 Å². The predicted molar refractivity (Wildman–Crippen MR) is 126 cm³/mol. The van der Waals surface area contributed by atoms with Crippen LogP contribution in [0, 0.1) is 23.7 Å². The molecule has 0 bridgehead atoms. The van der Waals surface area contributed by atoms with Gasteiger partial charge >= 0.3 is 5.97 Å². The topological polar surface area (TPSA) is 142 Å². The van der Waals surface area contributed by atoms with E-state index < -0.39 is 41.8 Å². The van der Waals surface area contributed by atoms with Gasteiger partial charge in [0.1, 0.15) is 23.8 Å². The van der Waals surface area contributed by atoms with E-state index in [1.807, 2.05) is 13.8 Å². The molecule has 2 rings (SSSR count). The molecule has 1 saturated heterocycles. The molecule has 0 spiro atoms. The molecule has 0 aliphatic carbocycles. The SMILES string of the molecule is CC[C@H]1CN(C(=O)[C@@H](NC(=O)[C@@H](NC(=O)c2cnccn2)C(C)C)C(C)C)C(C(=O)O)[C@H]1CC. The number of aliphatic carboxylic acids is 1. The van der Waals surface area contributed by atoms with Crippen LogP contribution < -0.4 is 10.6 Å². The molecule has 1 fully saturated rings. The standard InChI is InChI=1S/C24H37N5O5/c1-7-15-12-29(20(24(33)34)16(15)8-2)23(32)19(14(5)6)28-22(31)18(13(3)4)27-21(30)17-11-25-9-10-26-17/h9-11,13-16,18-20H,7-8,12H2,1-6H3,(H,27,30)(H,28,31)(H,33,34)/t15-,16-,18-,19-,20?/m0/s1. The Kier molecular flexibility index (Phi) is 9.52. The number of carboxylic acid groups (broad SMARTS) is 1. The van der Waals surface area contributed by atoms with Gasteiger partial charge in [-0.2, -0.15) is 0 Å². The number of carbonyl (C=O) groups is 4. The Morgan fingerprint density at radius 3 is 2.15 bits per heavy atom. The molecule has 0 radical (unpaired) electrons. The summed E-state index contributed by atoms with van der Waals surface area (Å²) >= 11 is 0. The van der Waals surface area contributed by atoms with E-state index in [0.717, 1.165) is 6.42 Å². The quantitative estimate of drug-likeness (QED) is 0.468. The van der Waals surface area contributed by atoms with Gasteiger partial charge in [-0.25, -0.2) is 9.78 Å². The molecule has 5 atom stereocenters. The molecule has 10 nitrogen and oxygen atoms in total. The lowest BCUT2D eigenvalue weighted by Gasteiger charge is -2.32. The summed E-state index contributed by atoms with van der Waals surface area (Å²) in [5.41, 5.74) is 0.0787. The first-order chi connectivity index (χ1) is 16.0. The number of hydrogen-bond acceptors (Lipinski definition) is 6. The fourth-order valence-corrected chi connectivity index (χ4v) is 4.62. The molecule has 3 N–H and O–H groups in total. The second kappa shape index (κ2) is 11.9. The van der Waals surface area contributed by atoms with Crippen LogP contribution in [0.25, 0.3) is 0 Å². The van der Waals surface area contributed by atoms with Crippen molar-refractivity contribution in [2.75, 3.05) is 6.54 Å². The van der Waals surface area contributed by atoms with Crippen molar-refractivity contribution in [1.29, 1.82) is 0 Å². The number of carboxylic acids is 1. The Bertz CT molecular complexity index is 876. The number of rotatable bonds is 10. The van der Waals surface area contributed by atoms with Crippen LogP contribution in [-0.4, -0.2) is 68.3 Å². The van der Waals surface area contributed by atoms with Crippen LogP contribution in [0.2, 0.25) is 0 Å². The summed E-state index contributed by atoms with van der Waals surface area (Å²) in [5, 5.41) is 15.3. The van der Waals surface area contributed by atoms with Crippen molar-refractivity contribution in [3.63, 3.8) is 0 Å². The Morgan fingerprint density at radius 2 is 1.68 bits per heavy atom. The molecule has 1 unspecified atom stereocenters. The number of likely N-dealkylation sites (tertiary alicyclic amines) is 1. The van der Waals surface area contributed by atoms with Crippen LogP contribution in [0.5, 0.6) is 0 Å². The van der Waals surface area contributed by atoms with Gasteiger partial charge in [-0.1, -0.05) is 54.4 Å². The zero-order chi connectivity index (χ0) is 25.6. The summed E-state index contributed by atoms with van der Waals surface area (Å²) in [7, 11) is 0. The zero-order valence-corrected chi connectivity index (χ0v) is 20.8. The van der Waals surface area contributed by atoms with E-state index in [-0.39, 0.29) is 29.4 Å². The van der Waals surface area contributed by atoms with Gasteiger partial charge < -0.3 is 20.6 Å². The molecule has 1 aliphatic heterocycles. The van der Waals surface area contributed by atoms with E-state index in [0.29, 0.717) is 13.0 Å². The van der Waals surface area contributed by atoms with Crippen LogP contribution in [0.4, 0.5) is 0 Å². The molecule has 0 saturated carbocycles. The van der Waals surface area contributed by atoms with Gasteiger partial charge in [-0.15, -0.1) is 0 Å². The highest BCUT2D eigenvalue weighted by molar-refractivity contribution is 5.97. The third kappa shape index (κ3) is 6.09. The largest absolute Gasteiger partial charge is 0.480 e. The van der Waals surface area contributed by atoms with Gasteiger partial charge in [0.2, 0.25) is 11.8 Å². The average Bonchev–Trinajstić information content (AvgIpc) is 3.19. The first kappa shape index (κ1) is 27.2. The minimum absolute atomic E-state index is 0.0787. The van der Waals surface area contributed by atoms with E-state index in [2.05, 4.69) is 20.6 Å². The summed E-state index contributed by atoms with van der Waals surface area (Å²) in [6.45, 7) is 11.4. The summed E-state index contributed by atoms with van der Waals surface area (Å²) in [5.74, 6) is -3.08. The maximum absolute atomic E-state index is 13.5. The monoisotopic (exact) mass is 475 g/mol. The molecule has 10 heteroatoms. The van der Waals surface area contributed by atoms with Gasteiger partial charge in [0.25, 0.3) is 5.91 Å². The first-order valence-electron chi connectivity index (χ1n) is 11.9. The minimum atomic E-state index is -1.03. The third-order valence-corrected chi connectivity index (χ3v) is 6.57. The number of aromatic nitrogens is 2. The van der Waals surface area contributed by atoms with E-state index in [1.165, 1.54) is 23.5 Å². The minimum Gasteiger partial charge on any atom is -0.480 e. The van der Waals surface area contributed by atoms with Crippen molar-refractivity contribution in [2.24, 2.45) is 23.7 Å². The summed E-state index contributed by atoms with van der Waals surface area (Å²) in [6, 6.07) is -2.75. The van der Waals surface area contributed by atoms with Crippen molar-refractivity contribution < 1.29 is 24.3 Å². The summed E-state index contributed by atoms with van der Waals surface area (Å²) < 4.78 is 0. The fraction of sp³-hybridized carbons (Fsp3) is 0.667. The fourth-order valence-electron chi connectivity index (χ4n) is 4.62. The Morgan fingerprint density at radius 1 is 1.03 bits per heavy atom. The van der Waals surface area contributed by atoms with Crippen molar-refractivity contribution in [3.05, 3.63) is 24.3 Å². The Balaban J connectivity index is 2.23. The Hall–Kier alpha value is -3.04. The second-order valence-corrected chi connectivity index (χ2v) is 9.53. The van der Waals surface area contributed by atoms with E-state index in [9.17, 15) is 24.3 Å². The normalized spacial score (nSPS) is 21.9. The predicted octanol–water partition coefficient (Wildman–Crippen LogP) is 1.72. The van der Waals surface area contributed by atoms with Crippen molar-refractivity contribution in [3.8, 4) is 0 Å². The lowest BCUT2D eigenvalue weighted by atomic mass is 9.86. The van der Waals surface area contributed by atoms with E-state index in [1.54, 1.807) is 27.7 Å². The van der Waals surface area contributed by atoms with Crippen LogP contribution in [0.15, 0.2) is 18.6 Å². The molecule has 1 aliphatic rings. The molecule has 1 aromatic rings. The van der Waals surface area contributed by atoms with Gasteiger partial charge in [-0.05, 0) is 23.7 Å². The van der Waals surface area contributed by atoms with Crippen molar-refractivity contribution >= 4 is 23.7 Å². The number of hydrogen-bond donors (Lipinski definition) is 3. The summed E-state index contributed by atoms with van der Waals surface area (Å²) in [4.78, 5) is 60.6. The van der Waals surface area contributed by atoms with Crippen molar-refractivity contribution in [1.82, 2.24) is 25.5 Å². The molecule has 3 amide bonds. The molecule has 0 aromatic carbocycles. The van der Waals surface area contributed by atoms with Gasteiger partial charge in [0.15, 0.2) is 0 Å². The Labute approximate surface area is 200 Å². The van der Waals surface area contributed by atoms with E-state index in [4.69, 9.17) is 0 Å². The lowest BCUT2D eigenvalue weighted by Crippen LogP contribution is -2.58. The number of nitrogens with zero attached hydrogens (tertiary/aromatic N) is 3. The molecular formula is C24H37N5O5. The highest BCUT2D eigenvalue weighted by atomic mass is 16.4. The zero-order valence-electron chi connectivity index (χ0n) is 20.8. The maximum Gasteiger partial charge on any atom is 0.326 e. The first-order valence-corrected chi connectivity index (χ1v) is 11.9. The highest BCUT2D eigenvalue weighted by Crippen LogP contribution is 2.35. The van der Waals surface area contributed by atoms with Gasteiger partial charge in [0.05, 0.1) is 6.20 Å².